The van der Waals surface area contributed by atoms with E-state index in [1.807, 2.05) is 6.92 Å². The van der Waals surface area contributed by atoms with E-state index in [-0.39, 0.29) is 16.8 Å². The number of hydrogen-bond donors (Lipinski definition) is 1. The highest BCUT2D eigenvalue weighted by molar-refractivity contribution is 6.32. The van der Waals surface area contributed by atoms with Gasteiger partial charge in [-0.25, -0.2) is 0 Å². The number of nitro groups is 1. The van der Waals surface area contributed by atoms with Gasteiger partial charge in [0.1, 0.15) is 5.02 Å². The summed E-state index contributed by atoms with van der Waals surface area (Å²) in [5.41, 5.74) is 4.30. The SMILES string of the molecule is Cc1ccc(C(C)Nc2ccc([N+](=O)[O-])c(Cl)c2)c(C)c1. The molecular weight excluding hydrogens is 288 g/mol. The molecule has 2 aromatic rings. The molecule has 21 heavy (non-hydrogen) atoms. The highest BCUT2D eigenvalue weighted by Crippen LogP contribution is 2.29. The number of nitrogens with one attached hydrogen (secondary N) is 1. The summed E-state index contributed by atoms with van der Waals surface area (Å²) < 4.78 is 0. The first kappa shape index (κ1) is 15.3. The molecule has 0 amide bonds. The predicted octanol–water partition coefficient (Wildman–Crippen LogP) is 5.04. The first-order valence-corrected chi connectivity index (χ1v) is 7.04. The number of hydrogen-bond acceptors (Lipinski definition) is 3. The molecule has 0 heterocycles. The number of rotatable bonds is 4. The van der Waals surface area contributed by atoms with Gasteiger partial charge in [0.25, 0.3) is 5.69 Å². The lowest BCUT2D eigenvalue weighted by atomic mass is 10.00. The fourth-order valence-electron chi connectivity index (χ4n) is 2.38. The smallest absolute Gasteiger partial charge is 0.288 e. The molecule has 5 heteroatoms. The van der Waals surface area contributed by atoms with Crippen molar-refractivity contribution >= 4 is 23.0 Å². The molecule has 0 radical (unpaired) electrons. The lowest BCUT2D eigenvalue weighted by Crippen LogP contribution is -2.08. The van der Waals surface area contributed by atoms with Crippen molar-refractivity contribution in [2.75, 3.05) is 5.32 Å². The van der Waals surface area contributed by atoms with Gasteiger partial charge in [-0.1, -0.05) is 35.4 Å². The van der Waals surface area contributed by atoms with Crippen molar-refractivity contribution in [3.63, 3.8) is 0 Å². The van der Waals surface area contributed by atoms with Crippen molar-refractivity contribution in [1.82, 2.24) is 0 Å². The van der Waals surface area contributed by atoms with Crippen LogP contribution in [-0.2, 0) is 0 Å². The molecule has 110 valence electrons. The second-order valence-electron chi connectivity index (χ2n) is 5.15. The van der Waals surface area contributed by atoms with Gasteiger partial charge >= 0.3 is 0 Å². The third-order valence-corrected chi connectivity index (χ3v) is 3.72. The summed E-state index contributed by atoms with van der Waals surface area (Å²) in [5, 5.41) is 14.2. The van der Waals surface area contributed by atoms with E-state index in [1.54, 1.807) is 12.1 Å². The zero-order valence-corrected chi connectivity index (χ0v) is 12.9. The van der Waals surface area contributed by atoms with Crippen LogP contribution in [-0.4, -0.2) is 4.92 Å². The molecule has 0 saturated heterocycles. The molecule has 0 aliphatic heterocycles. The summed E-state index contributed by atoms with van der Waals surface area (Å²) in [6.45, 7) is 6.18. The average Bonchev–Trinajstić information content (AvgIpc) is 2.37. The Morgan fingerprint density at radius 2 is 1.90 bits per heavy atom. The molecule has 0 spiro atoms. The van der Waals surface area contributed by atoms with Gasteiger partial charge in [-0.2, -0.15) is 0 Å². The number of aryl methyl sites for hydroxylation is 2. The number of nitro benzene ring substituents is 1. The van der Waals surface area contributed by atoms with Crippen LogP contribution in [0.4, 0.5) is 11.4 Å². The Balaban J connectivity index is 2.21. The summed E-state index contributed by atoms with van der Waals surface area (Å²) in [7, 11) is 0. The number of nitrogens with zero attached hydrogens (tertiary/aromatic N) is 1. The minimum atomic E-state index is -0.486. The van der Waals surface area contributed by atoms with E-state index in [0.29, 0.717) is 0 Å². The Labute approximate surface area is 128 Å². The molecule has 2 rings (SSSR count). The molecule has 2 aromatic carbocycles. The molecule has 0 aliphatic rings. The van der Waals surface area contributed by atoms with Crippen molar-refractivity contribution in [3.8, 4) is 0 Å². The first-order chi connectivity index (χ1) is 9.88. The molecule has 1 N–H and O–H groups in total. The number of anilines is 1. The van der Waals surface area contributed by atoms with Crippen molar-refractivity contribution < 1.29 is 4.92 Å². The van der Waals surface area contributed by atoms with E-state index in [2.05, 4.69) is 37.4 Å². The van der Waals surface area contributed by atoms with Gasteiger partial charge in [0.05, 0.1) is 4.92 Å². The zero-order valence-electron chi connectivity index (χ0n) is 12.2. The van der Waals surface area contributed by atoms with E-state index in [4.69, 9.17) is 11.6 Å². The van der Waals surface area contributed by atoms with E-state index >= 15 is 0 Å². The van der Waals surface area contributed by atoms with E-state index in [9.17, 15) is 10.1 Å². The highest BCUT2D eigenvalue weighted by atomic mass is 35.5. The fourth-order valence-corrected chi connectivity index (χ4v) is 2.63. The summed E-state index contributed by atoms with van der Waals surface area (Å²) in [6, 6.07) is 11.1. The van der Waals surface area contributed by atoms with Crippen LogP contribution < -0.4 is 5.32 Å². The summed E-state index contributed by atoms with van der Waals surface area (Å²) >= 11 is 5.92. The van der Waals surface area contributed by atoms with Crippen molar-refractivity contribution in [2.24, 2.45) is 0 Å². The van der Waals surface area contributed by atoms with Gasteiger partial charge in [-0.3, -0.25) is 10.1 Å². The largest absolute Gasteiger partial charge is 0.378 e. The normalized spacial score (nSPS) is 12.0. The monoisotopic (exact) mass is 304 g/mol. The maximum absolute atomic E-state index is 10.8. The minimum absolute atomic E-state index is 0.0820. The summed E-state index contributed by atoms with van der Waals surface area (Å²) in [5.74, 6) is 0. The van der Waals surface area contributed by atoms with E-state index in [1.165, 1.54) is 22.8 Å². The Bertz CT molecular complexity index is 686. The molecule has 1 atom stereocenters. The Kier molecular flexibility index (Phi) is 4.48. The second kappa shape index (κ2) is 6.14. The molecule has 0 bridgehead atoms. The Morgan fingerprint density at radius 3 is 2.48 bits per heavy atom. The second-order valence-corrected chi connectivity index (χ2v) is 5.56. The van der Waals surface area contributed by atoms with E-state index in [0.717, 1.165) is 5.69 Å². The maximum Gasteiger partial charge on any atom is 0.288 e. The average molecular weight is 305 g/mol. The molecule has 1 unspecified atom stereocenters. The van der Waals surface area contributed by atoms with Gasteiger partial charge in [0.2, 0.25) is 0 Å². The van der Waals surface area contributed by atoms with Crippen LogP contribution in [0.1, 0.15) is 29.7 Å². The standard InChI is InChI=1S/C16H17ClN2O2/c1-10-4-6-14(11(2)8-10)12(3)18-13-5-7-16(19(20)21)15(17)9-13/h4-9,12,18H,1-3H3. The van der Waals surface area contributed by atoms with Gasteiger partial charge in [0, 0.05) is 17.8 Å². The predicted molar refractivity (Wildman–Crippen MR) is 86.1 cm³/mol. The Hall–Kier alpha value is -2.07. The van der Waals surface area contributed by atoms with Crippen LogP contribution in [0, 0.1) is 24.0 Å². The molecule has 0 aliphatic carbocycles. The van der Waals surface area contributed by atoms with Crippen molar-refractivity contribution in [3.05, 3.63) is 68.2 Å². The third-order valence-electron chi connectivity index (χ3n) is 3.42. The van der Waals surface area contributed by atoms with Crippen LogP contribution >= 0.6 is 11.6 Å². The van der Waals surface area contributed by atoms with Crippen molar-refractivity contribution in [1.29, 1.82) is 0 Å². The van der Waals surface area contributed by atoms with Gasteiger partial charge < -0.3 is 5.32 Å². The molecule has 4 nitrogen and oxygen atoms in total. The van der Waals surface area contributed by atoms with Crippen LogP contribution in [0.2, 0.25) is 5.02 Å². The highest BCUT2D eigenvalue weighted by Gasteiger charge is 2.14. The van der Waals surface area contributed by atoms with Crippen LogP contribution in [0.15, 0.2) is 36.4 Å². The van der Waals surface area contributed by atoms with Gasteiger partial charge in [-0.05, 0) is 44.0 Å². The van der Waals surface area contributed by atoms with Crippen LogP contribution in [0.25, 0.3) is 0 Å². The molecule has 0 aromatic heterocycles. The van der Waals surface area contributed by atoms with E-state index < -0.39 is 4.92 Å². The molecule has 0 fully saturated rings. The number of benzene rings is 2. The quantitative estimate of drug-likeness (QED) is 0.636. The first-order valence-electron chi connectivity index (χ1n) is 6.66. The fraction of sp³-hybridized carbons (Fsp3) is 0.250. The van der Waals surface area contributed by atoms with Crippen LogP contribution in [0.5, 0.6) is 0 Å². The lowest BCUT2D eigenvalue weighted by Gasteiger charge is -2.18. The lowest BCUT2D eigenvalue weighted by molar-refractivity contribution is -0.384. The Morgan fingerprint density at radius 1 is 1.19 bits per heavy atom. The topological polar surface area (TPSA) is 55.2 Å². The molecule has 0 saturated carbocycles. The van der Waals surface area contributed by atoms with Gasteiger partial charge in [-0.15, -0.1) is 0 Å². The third kappa shape index (κ3) is 3.52. The van der Waals surface area contributed by atoms with Crippen LogP contribution in [0.3, 0.4) is 0 Å². The summed E-state index contributed by atoms with van der Waals surface area (Å²) in [4.78, 5) is 10.3. The zero-order chi connectivity index (χ0) is 15.6. The summed E-state index contributed by atoms with van der Waals surface area (Å²) in [6.07, 6.45) is 0. The van der Waals surface area contributed by atoms with Gasteiger partial charge in [0.15, 0.2) is 0 Å². The molecular formula is C16H17ClN2O2. The number of halogens is 1. The minimum Gasteiger partial charge on any atom is -0.378 e. The van der Waals surface area contributed by atoms with Crippen molar-refractivity contribution in [2.45, 2.75) is 26.8 Å². The maximum atomic E-state index is 10.8.